The van der Waals surface area contributed by atoms with Gasteiger partial charge in [0.05, 0.1) is 63.5 Å². The second-order valence-electron chi connectivity index (χ2n) is 20.3. The molecule has 2 rings (SSSR count). The van der Waals surface area contributed by atoms with E-state index in [1.165, 1.54) is 211 Å². The van der Waals surface area contributed by atoms with Gasteiger partial charge in [-0.15, -0.1) is 39.6 Å². The molecule has 31 nitrogen and oxygen atoms in total. The van der Waals surface area contributed by atoms with Gasteiger partial charge in [0.15, 0.2) is 0 Å². The molecule has 2 N–H and O–H groups in total. The fourth-order valence-electron chi connectivity index (χ4n) is 7.38. The minimum Gasteiger partial charge on any atom is -2.00 e. The molecule has 0 saturated carbocycles. The van der Waals surface area contributed by atoms with Crippen molar-refractivity contribution in [2.24, 2.45) is 0 Å². The maximum Gasteiger partial charge on any atom is 0.253 e. The van der Waals surface area contributed by atoms with Crippen LogP contribution in [0.4, 0.5) is 0 Å². The summed E-state index contributed by atoms with van der Waals surface area (Å²) in [6.45, 7) is 24.5. The van der Waals surface area contributed by atoms with Gasteiger partial charge in [-0.25, -0.2) is 0 Å². The van der Waals surface area contributed by atoms with Gasteiger partial charge in [0.2, 0.25) is 12.8 Å². The van der Waals surface area contributed by atoms with Crippen molar-refractivity contribution in [2.75, 3.05) is 120 Å². The minimum absolute atomic E-state index is 0. The predicted octanol–water partition coefficient (Wildman–Crippen LogP) is 1.12. The summed E-state index contributed by atoms with van der Waals surface area (Å²) in [7, 11) is 6.75. The first kappa shape index (κ1) is 161. The molecule has 2 aromatic heterocycles. The molecule has 0 aliphatic rings. The van der Waals surface area contributed by atoms with Gasteiger partial charge in [0, 0.05) is 164 Å². The zero-order valence-corrected chi connectivity index (χ0v) is 66.1. The van der Waals surface area contributed by atoms with E-state index in [4.69, 9.17) is 0 Å². The summed E-state index contributed by atoms with van der Waals surface area (Å²) in [6, 6.07) is 6.05. The SMILES string of the molecule is CCCC[N+](CCCC)(CCCC)CCCC.CCCC[N+](CCCC)(CCCC)CCCC.CN(C)C=O.CN(C)C=O.O=C(NC(C[O-])(C[O-])C[O-])c1cccnc1.O=C(NC(C[O-])(C[O-])C[O-])c1cccnc1.[O-2].[O-2].[O-2].[O-2].[O-2].[O-2].[O-2].[O-2].[O-2].[O-2].[O-2].[O-2].[O-2].[V].[V].[V].[V].[V].[V]. The Morgan fingerprint density at radius 1 is 0.379 bits per heavy atom. The zero-order chi connectivity index (χ0) is 58.6. The number of carbonyl (C=O) groups excluding carboxylic acids is 4. The summed E-state index contributed by atoms with van der Waals surface area (Å²) in [4.78, 5) is 52.3. The Kier molecular flexibility index (Phi) is 185. The van der Waals surface area contributed by atoms with Crippen molar-refractivity contribution in [1.82, 2.24) is 30.4 Å². The monoisotopic (exact) mass is 1590 g/mol. The number of carbonyl (C=O) groups is 4. The summed E-state index contributed by atoms with van der Waals surface area (Å²) in [5, 5.41) is 68.9. The largest absolute Gasteiger partial charge is 2.00 e. The summed E-state index contributed by atoms with van der Waals surface area (Å²) < 4.78 is 2.84. The second kappa shape index (κ2) is 109. The molecule has 0 aromatic carbocycles. The van der Waals surface area contributed by atoms with Crippen molar-refractivity contribution in [2.45, 2.75) is 169 Å². The molecule has 578 valence electrons. The maximum atomic E-state index is 11.6. The van der Waals surface area contributed by atoms with Gasteiger partial charge >= 0.3 is 0 Å². The average molecular weight is 1590 g/mol. The molecule has 0 atom stereocenters. The maximum absolute atomic E-state index is 11.6. The van der Waals surface area contributed by atoms with Crippen molar-refractivity contribution in [3.63, 3.8) is 0 Å². The third-order valence-electron chi connectivity index (χ3n) is 12.6. The summed E-state index contributed by atoms with van der Waals surface area (Å²) >= 11 is 0. The summed E-state index contributed by atoms with van der Waals surface area (Å²) in [5.74, 6) is -1.26. The summed E-state index contributed by atoms with van der Waals surface area (Å²) in [6.07, 6.45) is 29.2. The summed E-state index contributed by atoms with van der Waals surface area (Å²) in [5.41, 5.74) is -3.07. The third-order valence-corrected chi connectivity index (χ3v) is 12.6. The third kappa shape index (κ3) is 85.2. The normalized spacial score (nSPS) is 8.78. The van der Waals surface area contributed by atoms with Crippen molar-refractivity contribution in [3.8, 4) is 0 Å². The number of unbranched alkanes of at least 4 members (excludes halogenated alkanes) is 8. The molecule has 0 aliphatic carbocycles. The standard InChI is InChI=1S/2C16H36N.2C10H11N2O4.2C3H7NO.13O.6V/c2*1-5-9-13-17(14-10-6-2,15-11-7-3)16-12-8-4;2*13-5-10(6-14,7-15)12-9(16)8-2-1-3-11-4-8;2*1-4(2)3-5;;;;;;;;;;;;;;;;;;;/h2*5-16H2,1-4H3;2*1-4H,5-7H2,(H,12,16);2*3H,1-2H3;;;;;;;;;;;;;;;;;;;/q2*+1;2*-3;;;13*-2;;;;;;. The number of amides is 4. The molecule has 0 bridgehead atoms. The van der Waals surface area contributed by atoms with E-state index in [1.54, 1.807) is 40.3 Å². The molecular formula is C58H108N8O23V6-30. The number of pyridine rings is 2. The molecule has 2 heterocycles. The Labute approximate surface area is 641 Å². The number of nitrogens with one attached hydrogen (secondary N) is 2. The van der Waals surface area contributed by atoms with Gasteiger partial charge in [-0.05, 0) is 86.7 Å². The minimum atomic E-state index is -1.74. The Morgan fingerprint density at radius 2 is 0.537 bits per heavy atom. The van der Waals surface area contributed by atoms with Gasteiger partial charge in [0.25, 0.3) is 11.8 Å². The Morgan fingerprint density at radius 3 is 0.642 bits per heavy atom. The van der Waals surface area contributed by atoms with E-state index in [9.17, 15) is 49.8 Å². The predicted molar refractivity (Wildman–Crippen MR) is 305 cm³/mol. The Hall–Kier alpha value is -1.15. The topological polar surface area (TPSA) is 633 Å². The molecule has 0 saturated heterocycles. The van der Waals surface area contributed by atoms with Crippen LogP contribution >= 0.6 is 0 Å². The van der Waals surface area contributed by atoms with E-state index >= 15 is 0 Å². The second-order valence-corrected chi connectivity index (χ2v) is 20.3. The molecule has 95 heavy (non-hydrogen) atoms. The van der Waals surface area contributed by atoms with E-state index < -0.39 is 62.5 Å². The number of nitrogens with zero attached hydrogens (tertiary/aromatic N) is 6. The van der Waals surface area contributed by atoms with Crippen LogP contribution in [-0.4, -0.2) is 185 Å². The van der Waals surface area contributed by atoms with Gasteiger partial charge < -0.3 is 131 Å². The van der Waals surface area contributed by atoms with Crippen molar-refractivity contribution < 1.29 is 241 Å². The molecule has 4 amide bonds. The zero-order valence-electron chi connectivity index (χ0n) is 57.7. The average Bonchev–Trinajstić information content (AvgIpc) is 3.46. The van der Waals surface area contributed by atoms with Crippen molar-refractivity contribution in [1.29, 1.82) is 0 Å². The van der Waals surface area contributed by atoms with Gasteiger partial charge in [-0.3, -0.25) is 29.1 Å². The Bertz CT molecular complexity index is 1460. The molecule has 0 fully saturated rings. The first-order chi connectivity index (χ1) is 36.4. The number of aromatic nitrogens is 2. The number of rotatable bonds is 36. The van der Waals surface area contributed by atoms with Crippen LogP contribution in [0.15, 0.2) is 49.1 Å². The van der Waals surface area contributed by atoms with Crippen LogP contribution in [0.1, 0.15) is 179 Å². The van der Waals surface area contributed by atoms with Crippen LogP contribution in [-0.2, 0) is 192 Å². The molecular weight excluding hydrogens is 1480 g/mol. The fourth-order valence-corrected chi connectivity index (χ4v) is 7.38. The van der Waals surface area contributed by atoms with E-state index in [0.29, 0.717) is 0 Å². The molecule has 0 spiro atoms. The van der Waals surface area contributed by atoms with Gasteiger partial charge in [0.1, 0.15) is 0 Å². The molecule has 0 aliphatic heterocycles. The van der Waals surface area contributed by atoms with E-state index in [2.05, 4.69) is 76.0 Å². The number of quaternary nitrogens is 2. The van der Waals surface area contributed by atoms with Crippen LogP contribution in [0.2, 0.25) is 0 Å². The van der Waals surface area contributed by atoms with Gasteiger partial charge in [-0.2, -0.15) is 0 Å². The first-order valence-corrected chi connectivity index (χ1v) is 28.2. The molecule has 2 aromatic rings. The molecule has 37 heteroatoms. The first-order valence-electron chi connectivity index (χ1n) is 28.2. The van der Waals surface area contributed by atoms with Crippen LogP contribution in [0.3, 0.4) is 0 Å². The molecule has 0 unspecified atom stereocenters. The van der Waals surface area contributed by atoms with E-state index in [0.717, 1.165) is 12.8 Å². The number of hydrogen-bond acceptors (Lipinski definition) is 12. The van der Waals surface area contributed by atoms with Gasteiger partial charge in [-0.1, -0.05) is 107 Å². The van der Waals surface area contributed by atoms with E-state index in [-0.39, 0.29) is 194 Å². The molecule has 6 radical (unpaired) electrons. The van der Waals surface area contributed by atoms with Crippen LogP contribution in [0, 0.1) is 0 Å². The van der Waals surface area contributed by atoms with Crippen LogP contribution in [0.5, 0.6) is 0 Å². The fraction of sp³-hybridized carbons (Fsp3) is 0.759. The smallest absolute Gasteiger partial charge is 0.253 e. The van der Waals surface area contributed by atoms with E-state index in [1.807, 2.05) is 0 Å². The van der Waals surface area contributed by atoms with Crippen LogP contribution < -0.4 is 41.3 Å². The van der Waals surface area contributed by atoms with Crippen molar-refractivity contribution in [3.05, 3.63) is 60.2 Å². The quantitative estimate of drug-likeness (QED) is 0.0716. The van der Waals surface area contributed by atoms with Crippen molar-refractivity contribution >= 4 is 24.6 Å². The van der Waals surface area contributed by atoms with Crippen LogP contribution in [0.25, 0.3) is 0 Å². The number of hydrogen-bond donors (Lipinski definition) is 2. The Balaban J connectivity index is -0.0000000310.